The summed E-state index contributed by atoms with van der Waals surface area (Å²) >= 11 is 3.91. The molecule has 2 rings (SSSR count). The summed E-state index contributed by atoms with van der Waals surface area (Å²) in [5.74, 6) is 2.07. The molecule has 2 nitrogen and oxygen atoms in total. The minimum Gasteiger partial charge on any atom is -0.366 e. The van der Waals surface area contributed by atoms with E-state index in [0.717, 1.165) is 0 Å². The van der Waals surface area contributed by atoms with Crippen LogP contribution in [0.3, 0.4) is 0 Å². The molecule has 1 amide bonds. The molecule has 0 aliphatic carbocycles. The van der Waals surface area contributed by atoms with Crippen LogP contribution in [0.4, 0.5) is 0 Å². The van der Waals surface area contributed by atoms with Gasteiger partial charge in [0, 0.05) is 17.1 Å². The van der Waals surface area contributed by atoms with Crippen molar-refractivity contribution in [2.45, 2.75) is 4.58 Å². The number of nitrogens with two attached hydrogens (primary N) is 1. The molecule has 14 heavy (non-hydrogen) atoms. The number of carbonyl (C=O) groups is 1. The van der Waals surface area contributed by atoms with Gasteiger partial charge < -0.3 is 5.73 Å². The summed E-state index contributed by atoms with van der Waals surface area (Å²) in [5, 5.41) is 0. The minimum atomic E-state index is -0.358. The van der Waals surface area contributed by atoms with Crippen molar-refractivity contribution in [1.82, 2.24) is 0 Å². The van der Waals surface area contributed by atoms with Gasteiger partial charge in [0.15, 0.2) is 0 Å². The van der Waals surface area contributed by atoms with Crippen LogP contribution >= 0.6 is 23.5 Å². The smallest absolute Gasteiger partial charge is 0.248 e. The summed E-state index contributed by atoms with van der Waals surface area (Å²) in [7, 11) is 0. The third-order valence-corrected chi connectivity index (χ3v) is 5.19. The van der Waals surface area contributed by atoms with Crippen molar-refractivity contribution in [1.29, 1.82) is 0 Å². The zero-order valence-corrected chi connectivity index (χ0v) is 9.24. The van der Waals surface area contributed by atoms with Crippen LogP contribution in [-0.4, -0.2) is 17.4 Å². The van der Waals surface area contributed by atoms with Crippen molar-refractivity contribution >= 4 is 29.4 Å². The lowest BCUT2D eigenvalue weighted by molar-refractivity contribution is 0.100. The molecule has 0 saturated carbocycles. The Labute approximate surface area is 91.6 Å². The first-order chi connectivity index (χ1) is 6.77. The van der Waals surface area contributed by atoms with Gasteiger partial charge in [-0.05, 0) is 17.7 Å². The van der Waals surface area contributed by atoms with Crippen LogP contribution in [0.25, 0.3) is 0 Å². The number of hydrogen-bond donors (Lipinski definition) is 1. The largest absolute Gasteiger partial charge is 0.366 e. The predicted molar refractivity (Wildman–Crippen MR) is 62.6 cm³/mol. The summed E-state index contributed by atoms with van der Waals surface area (Å²) in [6, 6.07) is 7.60. The van der Waals surface area contributed by atoms with Gasteiger partial charge in [-0.25, -0.2) is 0 Å². The number of carbonyl (C=O) groups excluding carboxylic acids is 1. The number of benzene rings is 1. The van der Waals surface area contributed by atoms with E-state index in [2.05, 4.69) is 0 Å². The molecule has 74 valence electrons. The Morgan fingerprint density at radius 2 is 1.79 bits per heavy atom. The Balaban J connectivity index is 2.16. The molecule has 1 aromatic carbocycles. The van der Waals surface area contributed by atoms with Gasteiger partial charge in [-0.2, -0.15) is 0 Å². The van der Waals surface area contributed by atoms with Crippen molar-refractivity contribution in [3.63, 3.8) is 0 Å². The summed E-state index contributed by atoms with van der Waals surface area (Å²) in [5.41, 5.74) is 7.03. The first kappa shape index (κ1) is 9.93. The SMILES string of the molecule is NC(=O)c1ccc(C2SCCS2)cc1. The van der Waals surface area contributed by atoms with E-state index in [9.17, 15) is 4.79 Å². The third kappa shape index (κ3) is 2.07. The van der Waals surface area contributed by atoms with Gasteiger partial charge in [-0.15, -0.1) is 23.5 Å². The Hall–Kier alpha value is -0.610. The first-order valence-corrected chi connectivity index (χ1v) is 6.50. The summed E-state index contributed by atoms with van der Waals surface area (Å²) in [6.45, 7) is 0. The van der Waals surface area contributed by atoms with Crippen LogP contribution in [0, 0.1) is 0 Å². The van der Waals surface area contributed by atoms with Gasteiger partial charge in [0.1, 0.15) is 0 Å². The van der Waals surface area contributed by atoms with E-state index in [1.807, 2.05) is 35.7 Å². The van der Waals surface area contributed by atoms with E-state index in [1.165, 1.54) is 17.1 Å². The molecule has 0 bridgehead atoms. The van der Waals surface area contributed by atoms with Gasteiger partial charge in [0.05, 0.1) is 4.58 Å². The maximum atomic E-state index is 10.8. The van der Waals surface area contributed by atoms with Gasteiger partial charge in [-0.3, -0.25) is 4.79 Å². The van der Waals surface area contributed by atoms with Crippen LogP contribution < -0.4 is 5.73 Å². The van der Waals surface area contributed by atoms with Crippen LogP contribution in [0.2, 0.25) is 0 Å². The second kappa shape index (κ2) is 4.28. The highest BCUT2D eigenvalue weighted by atomic mass is 32.2. The molecule has 1 saturated heterocycles. The normalized spacial score (nSPS) is 17.1. The molecule has 0 spiro atoms. The average molecular weight is 225 g/mol. The van der Waals surface area contributed by atoms with Crippen molar-refractivity contribution in [2.24, 2.45) is 5.73 Å². The number of thioether (sulfide) groups is 2. The Morgan fingerprint density at radius 1 is 1.21 bits per heavy atom. The fourth-order valence-electron chi connectivity index (χ4n) is 1.36. The molecule has 2 N–H and O–H groups in total. The van der Waals surface area contributed by atoms with Gasteiger partial charge in [0.2, 0.25) is 5.91 Å². The van der Waals surface area contributed by atoms with Crippen LogP contribution in [0.15, 0.2) is 24.3 Å². The van der Waals surface area contributed by atoms with E-state index >= 15 is 0 Å². The van der Waals surface area contributed by atoms with Crippen LogP contribution in [0.5, 0.6) is 0 Å². The van der Waals surface area contributed by atoms with Crippen molar-refractivity contribution in [3.05, 3.63) is 35.4 Å². The molecular formula is C10H11NOS2. The molecular weight excluding hydrogens is 214 g/mol. The number of amides is 1. The average Bonchev–Trinajstić information content (AvgIpc) is 2.71. The molecule has 0 aromatic heterocycles. The number of hydrogen-bond acceptors (Lipinski definition) is 3. The van der Waals surface area contributed by atoms with Gasteiger partial charge in [-0.1, -0.05) is 12.1 Å². The highest BCUT2D eigenvalue weighted by Crippen LogP contribution is 2.45. The number of rotatable bonds is 2. The lowest BCUT2D eigenvalue weighted by atomic mass is 10.1. The molecule has 4 heteroatoms. The second-order valence-electron chi connectivity index (χ2n) is 3.06. The molecule has 1 heterocycles. The van der Waals surface area contributed by atoms with E-state index in [1.54, 1.807) is 12.1 Å². The standard InChI is InChI=1S/C10H11NOS2/c11-9(12)7-1-3-8(4-2-7)10-13-5-6-14-10/h1-4,10H,5-6H2,(H2,11,12). The Bertz CT molecular complexity index is 330. The fraction of sp³-hybridized carbons (Fsp3) is 0.300. The lowest BCUT2D eigenvalue weighted by Crippen LogP contribution is -2.10. The van der Waals surface area contributed by atoms with E-state index in [0.29, 0.717) is 10.1 Å². The Morgan fingerprint density at radius 3 is 2.29 bits per heavy atom. The van der Waals surface area contributed by atoms with Crippen molar-refractivity contribution in [2.75, 3.05) is 11.5 Å². The molecule has 1 aromatic rings. The third-order valence-electron chi connectivity index (χ3n) is 2.09. The summed E-state index contributed by atoms with van der Waals surface area (Å²) in [6.07, 6.45) is 0. The maximum absolute atomic E-state index is 10.8. The van der Waals surface area contributed by atoms with E-state index in [-0.39, 0.29) is 5.91 Å². The minimum absolute atomic E-state index is 0.358. The zero-order chi connectivity index (χ0) is 9.97. The molecule has 0 radical (unpaired) electrons. The summed E-state index contributed by atoms with van der Waals surface area (Å²) < 4.78 is 0.539. The molecule has 0 unspecified atom stereocenters. The summed E-state index contributed by atoms with van der Waals surface area (Å²) in [4.78, 5) is 10.8. The monoisotopic (exact) mass is 225 g/mol. The topological polar surface area (TPSA) is 43.1 Å². The molecule has 1 aliphatic heterocycles. The predicted octanol–water partition coefficient (Wildman–Crippen LogP) is 2.26. The van der Waals surface area contributed by atoms with Crippen molar-refractivity contribution in [3.8, 4) is 0 Å². The maximum Gasteiger partial charge on any atom is 0.248 e. The quantitative estimate of drug-likeness (QED) is 0.839. The molecule has 1 aliphatic rings. The highest BCUT2D eigenvalue weighted by Gasteiger charge is 2.17. The van der Waals surface area contributed by atoms with E-state index in [4.69, 9.17) is 5.73 Å². The Kier molecular flexibility index (Phi) is 3.03. The van der Waals surface area contributed by atoms with Crippen LogP contribution in [0.1, 0.15) is 20.5 Å². The van der Waals surface area contributed by atoms with Crippen molar-refractivity contribution < 1.29 is 4.79 Å². The van der Waals surface area contributed by atoms with E-state index < -0.39 is 0 Å². The molecule has 0 atom stereocenters. The zero-order valence-electron chi connectivity index (χ0n) is 7.60. The fourth-order valence-corrected chi connectivity index (χ4v) is 4.21. The second-order valence-corrected chi connectivity index (χ2v) is 5.78. The highest BCUT2D eigenvalue weighted by molar-refractivity contribution is 8.19. The molecule has 1 fully saturated rings. The van der Waals surface area contributed by atoms with Gasteiger partial charge >= 0.3 is 0 Å². The van der Waals surface area contributed by atoms with Gasteiger partial charge in [0.25, 0.3) is 0 Å². The lowest BCUT2D eigenvalue weighted by Gasteiger charge is -2.07. The number of primary amides is 1. The van der Waals surface area contributed by atoms with Crippen LogP contribution in [-0.2, 0) is 0 Å². The first-order valence-electron chi connectivity index (χ1n) is 4.40.